The lowest BCUT2D eigenvalue weighted by atomic mass is 10.1. The molecule has 1 aromatic carbocycles. The van der Waals surface area contributed by atoms with Crippen LogP contribution in [0.5, 0.6) is 0 Å². The van der Waals surface area contributed by atoms with Gasteiger partial charge in [0.15, 0.2) is 0 Å². The Labute approximate surface area is 180 Å². The number of thiophene rings is 1. The molecule has 0 unspecified atom stereocenters. The predicted octanol–water partition coefficient (Wildman–Crippen LogP) is 2.33. The lowest BCUT2D eigenvalue weighted by Gasteiger charge is -2.33. The first-order valence-electron chi connectivity index (χ1n) is 9.63. The van der Waals surface area contributed by atoms with Crippen molar-refractivity contribution in [2.24, 2.45) is 0 Å². The van der Waals surface area contributed by atoms with E-state index in [0.717, 1.165) is 16.0 Å². The number of urea groups is 1. The fraction of sp³-hybridized carbons (Fsp3) is 0.400. The quantitative estimate of drug-likeness (QED) is 0.729. The van der Waals surface area contributed by atoms with Crippen molar-refractivity contribution in [1.29, 1.82) is 0 Å². The third-order valence-electron chi connectivity index (χ3n) is 5.11. The molecule has 1 aliphatic heterocycles. The summed E-state index contributed by atoms with van der Waals surface area (Å²) < 4.78 is 27.2. The zero-order valence-corrected chi connectivity index (χ0v) is 18.9. The van der Waals surface area contributed by atoms with E-state index >= 15 is 0 Å². The Morgan fingerprint density at radius 3 is 2.37 bits per heavy atom. The number of rotatable bonds is 5. The third kappa shape index (κ3) is 5.25. The highest BCUT2D eigenvalue weighted by Crippen LogP contribution is 2.25. The van der Waals surface area contributed by atoms with Crippen LogP contribution in [0, 0.1) is 20.8 Å². The van der Waals surface area contributed by atoms with Crippen LogP contribution in [0.3, 0.4) is 0 Å². The number of sulfonamides is 1. The molecule has 2 N–H and O–H groups in total. The summed E-state index contributed by atoms with van der Waals surface area (Å²) in [5, 5.41) is 5.02. The van der Waals surface area contributed by atoms with Crippen molar-refractivity contribution in [1.82, 2.24) is 14.5 Å². The number of piperazine rings is 1. The summed E-state index contributed by atoms with van der Waals surface area (Å²) in [6, 6.07) is 8.41. The highest BCUT2D eigenvalue weighted by molar-refractivity contribution is 7.91. The second-order valence-corrected chi connectivity index (χ2v) is 10.7. The smallest absolute Gasteiger partial charge is 0.307 e. The number of hydrogen-bond donors (Lipinski definition) is 2. The minimum absolute atomic E-state index is 0.0339. The molecule has 3 rings (SSSR count). The molecular weight excluding hydrogens is 424 g/mol. The van der Waals surface area contributed by atoms with Crippen molar-refractivity contribution in [3.05, 3.63) is 46.3 Å². The molecule has 2 aromatic rings. The zero-order valence-electron chi connectivity index (χ0n) is 17.3. The maximum Gasteiger partial charge on any atom is 0.325 e. The van der Waals surface area contributed by atoms with Gasteiger partial charge in [-0.25, -0.2) is 13.2 Å². The van der Waals surface area contributed by atoms with Crippen molar-refractivity contribution in [3.8, 4) is 0 Å². The number of nitrogens with one attached hydrogen (secondary N) is 2. The number of hydrogen-bond acceptors (Lipinski definition) is 6. The Morgan fingerprint density at radius 2 is 1.73 bits per heavy atom. The van der Waals surface area contributed by atoms with Crippen molar-refractivity contribution in [3.63, 3.8) is 0 Å². The van der Waals surface area contributed by atoms with Crippen LogP contribution in [-0.2, 0) is 14.8 Å². The summed E-state index contributed by atoms with van der Waals surface area (Å²) in [5.74, 6) is -0.428. The van der Waals surface area contributed by atoms with Gasteiger partial charge >= 0.3 is 6.03 Å². The summed E-state index contributed by atoms with van der Waals surface area (Å²) in [5.41, 5.74) is 2.64. The first-order valence-corrected chi connectivity index (χ1v) is 11.9. The molecule has 0 atom stereocenters. The van der Waals surface area contributed by atoms with E-state index in [1.165, 1.54) is 15.6 Å². The minimum atomic E-state index is -3.49. The molecule has 2 heterocycles. The molecule has 0 bridgehead atoms. The van der Waals surface area contributed by atoms with E-state index in [2.05, 4.69) is 10.6 Å². The molecule has 3 amide bonds. The molecule has 1 aromatic heterocycles. The Balaban J connectivity index is 1.48. The molecule has 10 heteroatoms. The van der Waals surface area contributed by atoms with Crippen molar-refractivity contribution >= 4 is 39.0 Å². The van der Waals surface area contributed by atoms with E-state index < -0.39 is 22.0 Å². The number of nitrogens with zero attached hydrogens (tertiary/aromatic N) is 2. The molecule has 1 aliphatic rings. The van der Waals surface area contributed by atoms with Crippen LogP contribution >= 0.6 is 11.3 Å². The fourth-order valence-electron chi connectivity index (χ4n) is 3.22. The number of carbonyl (C=O) groups is 2. The van der Waals surface area contributed by atoms with Gasteiger partial charge in [0.1, 0.15) is 4.21 Å². The van der Waals surface area contributed by atoms with Crippen molar-refractivity contribution in [2.75, 3.05) is 38.0 Å². The van der Waals surface area contributed by atoms with Gasteiger partial charge in [0.05, 0.1) is 6.54 Å². The van der Waals surface area contributed by atoms with Crippen LogP contribution in [0.25, 0.3) is 0 Å². The van der Waals surface area contributed by atoms with E-state index in [1.54, 1.807) is 18.2 Å². The van der Waals surface area contributed by atoms with Crippen LogP contribution in [0.4, 0.5) is 10.5 Å². The SMILES string of the molecule is Cc1ccc(S(=O)(=O)N2CCN(CC(=O)NC(=O)Nc3cccc(C)c3C)CC2)s1. The van der Waals surface area contributed by atoms with E-state index in [1.807, 2.05) is 37.8 Å². The summed E-state index contributed by atoms with van der Waals surface area (Å²) in [7, 11) is -3.49. The van der Waals surface area contributed by atoms with Gasteiger partial charge in [-0.15, -0.1) is 11.3 Å². The largest absolute Gasteiger partial charge is 0.325 e. The molecule has 1 saturated heterocycles. The average molecular weight is 451 g/mol. The van der Waals surface area contributed by atoms with E-state index in [4.69, 9.17) is 0 Å². The minimum Gasteiger partial charge on any atom is -0.307 e. The number of benzene rings is 1. The average Bonchev–Trinajstić information content (AvgIpc) is 3.13. The predicted molar refractivity (Wildman–Crippen MR) is 117 cm³/mol. The number of carbonyl (C=O) groups excluding carboxylic acids is 2. The lowest BCUT2D eigenvalue weighted by molar-refractivity contribution is -0.121. The first-order chi connectivity index (χ1) is 14.2. The summed E-state index contributed by atoms with van der Waals surface area (Å²) in [4.78, 5) is 27.1. The lowest BCUT2D eigenvalue weighted by Crippen LogP contribution is -2.51. The monoisotopic (exact) mass is 450 g/mol. The fourth-order valence-corrected chi connectivity index (χ4v) is 6.08. The second-order valence-electron chi connectivity index (χ2n) is 7.30. The molecule has 0 spiro atoms. The van der Waals surface area contributed by atoms with Crippen molar-refractivity contribution < 1.29 is 18.0 Å². The standard InChI is InChI=1S/C20H26N4O4S2/c1-14-5-4-6-17(16(14)3)21-20(26)22-18(25)13-23-9-11-24(12-10-23)30(27,28)19-8-7-15(2)29-19/h4-8H,9-13H2,1-3H3,(H2,21,22,25,26). The maximum absolute atomic E-state index is 12.7. The number of anilines is 1. The number of aryl methyl sites for hydroxylation is 2. The van der Waals surface area contributed by atoms with Crippen LogP contribution in [0.15, 0.2) is 34.5 Å². The zero-order chi connectivity index (χ0) is 21.9. The summed E-state index contributed by atoms with van der Waals surface area (Å²) in [6.07, 6.45) is 0. The first kappa shape index (κ1) is 22.4. The van der Waals surface area contributed by atoms with Gasteiger partial charge in [-0.05, 0) is 50.1 Å². The topological polar surface area (TPSA) is 98.8 Å². The Hall–Kier alpha value is -2.27. The van der Waals surface area contributed by atoms with E-state index in [-0.39, 0.29) is 6.54 Å². The molecule has 30 heavy (non-hydrogen) atoms. The maximum atomic E-state index is 12.7. The van der Waals surface area contributed by atoms with Crippen LogP contribution in [0.1, 0.15) is 16.0 Å². The van der Waals surface area contributed by atoms with Gasteiger partial charge in [-0.1, -0.05) is 12.1 Å². The summed E-state index contributed by atoms with van der Waals surface area (Å²) >= 11 is 1.26. The molecule has 1 fully saturated rings. The highest BCUT2D eigenvalue weighted by Gasteiger charge is 2.30. The molecule has 0 saturated carbocycles. The normalized spacial score (nSPS) is 15.7. The van der Waals surface area contributed by atoms with Gasteiger partial charge in [0, 0.05) is 36.7 Å². The van der Waals surface area contributed by atoms with Crippen molar-refractivity contribution in [2.45, 2.75) is 25.0 Å². The van der Waals surface area contributed by atoms with Crippen LogP contribution < -0.4 is 10.6 Å². The molecule has 162 valence electrons. The third-order valence-corrected chi connectivity index (χ3v) is 8.48. The Morgan fingerprint density at radius 1 is 1.03 bits per heavy atom. The number of imide groups is 1. The van der Waals surface area contributed by atoms with E-state index in [9.17, 15) is 18.0 Å². The molecule has 0 aliphatic carbocycles. The highest BCUT2D eigenvalue weighted by atomic mass is 32.2. The van der Waals surface area contributed by atoms with Gasteiger partial charge < -0.3 is 5.32 Å². The molecule has 8 nitrogen and oxygen atoms in total. The Bertz CT molecular complexity index is 1040. The Kier molecular flexibility index (Phi) is 6.91. The van der Waals surface area contributed by atoms with Gasteiger partial charge in [0.2, 0.25) is 5.91 Å². The number of amides is 3. The molecular formula is C20H26N4O4S2. The van der Waals surface area contributed by atoms with Gasteiger partial charge in [0.25, 0.3) is 10.0 Å². The summed E-state index contributed by atoms with van der Waals surface area (Å²) in [6.45, 7) is 7.22. The molecule has 0 radical (unpaired) electrons. The van der Waals surface area contributed by atoms with E-state index in [0.29, 0.717) is 36.1 Å². The van der Waals surface area contributed by atoms with Crippen LogP contribution in [-0.4, -0.2) is 62.3 Å². The second kappa shape index (κ2) is 9.25. The van der Waals surface area contributed by atoms with Gasteiger partial charge in [-0.3, -0.25) is 15.0 Å². The van der Waals surface area contributed by atoms with Gasteiger partial charge in [-0.2, -0.15) is 4.31 Å². The van der Waals surface area contributed by atoms with Crippen LogP contribution in [0.2, 0.25) is 0 Å².